The number of hydrogen-bond acceptors (Lipinski definition) is 4. The first kappa shape index (κ1) is 24.6. The van der Waals surface area contributed by atoms with Gasteiger partial charge in [0.05, 0.1) is 6.61 Å². The van der Waals surface area contributed by atoms with Gasteiger partial charge in [-0.3, -0.25) is 5.32 Å². The van der Waals surface area contributed by atoms with Gasteiger partial charge in [0.2, 0.25) is 0 Å². The van der Waals surface area contributed by atoms with Crippen molar-refractivity contribution in [2.45, 2.75) is 52.1 Å². The zero-order chi connectivity index (χ0) is 24.0. The van der Waals surface area contributed by atoms with Gasteiger partial charge in [0.1, 0.15) is 11.4 Å². The van der Waals surface area contributed by atoms with E-state index < -0.39 is 11.7 Å². The Balaban J connectivity index is 1.78. The van der Waals surface area contributed by atoms with E-state index in [1.165, 1.54) is 6.07 Å². The highest BCUT2D eigenvalue weighted by Crippen LogP contribution is 2.39. The van der Waals surface area contributed by atoms with Crippen molar-refractivity contribution in [2.75, 3.05) is 25.0 Å². The van der Waals surface area contributed by atoms with Crippen LogP contribution in [0.1, 0.15) is 57.6 Å². The molecule has 1 N–H and O–H groups in total. The second kappa shape index (κ2) is 10.7. The maximum atomic E-state index is 14.1. The predicted molar refractivity (Wildman–Crippen MR) is 126 cm³/mol. The Morgan fingerprint density at radius 2 is 1.76 bits per heavy atom. The number of benzene rings is 2. The maximum Gasteiger partial charge on any atom is 0.411 e. The van der Waals surface area contributed by atoms with Crippen molar-refractivity contribution < 1.29 is 23.5 Å². The van der Waals surface area contributed by atoms with Crippen molar-refractivity contribution in [1.29, 1.82) is 0 Å². The molecular formula is C26H33FN2O4. The number of amides is 2. The average molecular weight is 457 g/mol. The van der Waals surface area contributed by atoms with Gasteiger partial charge in [-0.15, -0.1) is 0 Å². The van der Waals surface area contributed by atoms with E-state index >= 15 is 0 Å². The molecular weight excluding hydrogens is 423 g/mol. The second-order valence-corrected chi connectivity index (χ2v) is 9.30. The van der Waals surface area contributed by atoms with Crippen LogP contribution in [0.2, 0.25) is 0 Å². The number of ether oxygens (including phenoxy) is 2. The third-order valence-corrected chi connectivity index (χ3v) is 5.66. The molecule has 0 saturated carbocycles. The molecule has 0 aromatic heterocycles. The van der Waals surface area contributed by atoms with Gasteiger partial charge in [-0.1, -0.05) is 24.3 Å². The van der Waals surface area contributed by atoms with E-state index in [2.05, 4.69) is 5.32 Å². The summed E-state index contributed by atoms with van der Waals surface area (Å²) in [6.45, 7) is 8.81. The number of nitrogens with zero attached hydrogens (tertiary/aromatic N) is 1. The Kier molecular flexibility index (Phi) is 7.95. The summed E-state index contributed by atoms with van der Waals surface area (Å²) in [5.41, 5.74) is 2.04. The largest absolute Gasteiger partial charge is 0.450 e. The van der Waals surface area contributed by atoms with E-state index in [0.29, 0.717) is 25.4 Å². The smallest absolute Gasteiger partial charge is 0.411 e. The molecule has 1 unspecified atom stereocenters. The van der Waals surface area contributed by atoms with Gasteiger partial charge in [-0.2, -0.15) is 0 Å². The molecule has 0 radical (unpaired) electrons. The zero-order valence-electron chi connectivity index (χ0n) is 19.8. The van der Waals surface area contributed by atoms with Crippen LogP contribution in [0.4, 0.5) is 19.7 Å². The maximum absolute atomic E-state index is 14.1. The SMILES string of the molecule is CCOC(=O)Nc1ccc(C(c2cccc(F)c2)C2CCN(C(=O)OC(C)(C)C)CC2)cc1. The van der Waals surface area contributed by atoms with E-state index in [-0.39, 0.29) is 23.7 Å². The number of carbonyl (C=O) groups excluding carboxylic acids is 2. The molecule has 0 spiro atoms. The molecule has 1 fully saturated rings. The number of hydrogen-bond donors (Lipinski definition) is 1. The van der Waals surface area contributed by atoms with E-state index in [1.54, 1.807) is 24.0 Å². The van der Waals surface area contributed by atoms with Crippen LogP contribution in [-0.2, 0) is 9.47 Å². The normalized spacial score (nSPS) is 15.6. The fraction of sp³-hybridized carbons (Fsp3) is 0.462. The molecule has 1 aliphatic rings. The molecule has 1 heterocycles. The average Bonchev–Trinajstić information content (AvgIpc) is 2.75. The van der Waals surface area contributed by atoms with Gasteiger partial charge < -0.3 is 14.4 Å². The Morgan fingerprint density at radius 3 is 2.33 bits per heavy atom. The molecule has 0 aliphatic carbocycles. The Morgan fingerprint density at radius 1 is 1.09 bits per heavy atom. The minimum atomic E-state index is -0.530. The van der Waals surface area contributed by atoms with Crippen molar-refractivity contribution in [3.63, 3.8) is 0 Å². The van der Waals surface area contributed by atoms with Crippen molar-refractivity contribution >= 4 is 17.9 Å². The van der Waals surface area contributed by atoms with Gasteiger partial charge in [-0.25, -0.2) is 14.0 Å². The van der Waals surface area contributed by atoms with E-state index in [0.717, 1.165) is 24.0 Å². The lowest BCUT2D eigenvalue weighted by Gasteiger charge is -2.37. The van der Waals surface area contributed by atoms with Crippen molar-refractivity contribution in [3.8, 4) is 0 Å². The summed E-state index contributed by atoms with van der Waals surface area (Å²) in [4.78, 5) is 25.9. The van der Waals surface area contributed by atoms with E-state index in [1.807, 2.05) is 51.1 Å². The molecule has 1 aliphatic heterocycles. The lowest BCUT2D eigenvalue weighted by molar-refractivity contribution is 0.0178. The van der Waals surface area contributed by atoms with E-state index in [9.17, 15) is 14.0 Å². The fourth-order valence-electron chi connectivity index (χ4n) is 4.24. The summed E-state index contributed by atoms with van der Waals surface area (Å²) < 4.78 is 24.5. The standard InChI is InChI=1S/C26H33FN2O4/c1-5-32-24(30)28-22-11-9-18(10-12-22)23(20-7-6-8-21(27)17-20)19-13-15-29(16-14-19)25(31)33-26(2,3)4/h6-12,17,19,23H,5,13-16H2,1-4H3,(H,28,30). The first-order chi connectivity index (χ1) is 15.7. The topological polar surface area (TPSA) is 67.9 Å². The molecule has 3 rings (SSSR count). The van der Waals surface area contributed by atoms with Crippen LogP contribution in [0.15, 0.2) is 48.5 Å². The summed E-state index contributed by atoms with van der Waals surface area (Å²) in [6, 6.07) is 14.3. The highest BCUT2D eigenvalue weighted by molar-refractivity contribution is 5.84. The molecule has 2 aromatic carbocycles. The van der Waals surface area contributed by atoms with Crippen LogP contribution in [0, 0.1) is 11.7 Å². The minimum absolute atomic E-state index is 0.0295. The summed E-state index contributed by atoms with van der Waals surface area (Å²) in [7, 11) is 0. The van der Waals surface area contributed by atoms with Gasteiger partial charge in [0.15, 0.2) is 0 Å². The van der Waals surface area contributed by atoms with Gasteiger partial charge in [0, 0.05) is 24.7 Å². The highest BCUT2D eigenvalue weighted by atomic mass is 19.1. The summed E-state index contributed by atoms with van der Waals surface area (Å²) in [5.74, 6) is -0.0724. The number of piperidine rings is 1. The zero-order valence-corrected chi connectivity index (χ0v) is 19.8. The van der Waals surface area contributed by atoms with Crippen LogP contribution in [0.3, 0.4) is 0 Å². The van der Waals surface area contributed by atoms with Crippen LogP contribution < -0.4 is 5.32 Å². The molecule has 1 atom stereocenters. The van der Waals surface area contributed by atoms with Gasteiger partial charge in [-0.05, 0) is 81.8 Å². The third kappa shape index (κ3) is 6.94. The first-order valence-electron chi connectivity index (χ1n) is 11.4. The lowest BCUT2D eigenvalue weighted by atomic mass is 9.76. The monoisotopic (exact) mass is 456 g/mol. The number of rotatable bonds is 5. The fourth-order valence-corrected chi connectivity index (χ4v) is 4.24. The summed E-state index contributed by atoms with van der Waals surface area (Å²) in [5, 5.41) is 2.69. The second-order valence-electron chi connectivity index (χ2n) is 9.30. The van der Waals surface area contributed by atoms with Crippen LogP contribution in [-0.4, -0.2) is 42.4 Å². The number of anilines is 1. The molecule has 178 valence electrons. The number of nitrogens with one attached hydrogen (secondary N) is 1. The molecule has 0 bridgehead atoms. The first-order valence-corrected chi connectivity index (χ1v) is 11.4. The number of carbonyl (C=O) groups is 2. The lowest BCUT2D eigenvalue weighted by Crippen LogP contribution is -2.42. The third-order valence-electron chi connectivity index (χ3n) is 5.66. The van der Waals surface area contributed by atoms with Crippen LogP contribution in [0.25, 0.3) is 0 Å². The molecule has 6 nitrogen and oxygen atoms in total. The minimum Gasteiger partial charge on any atom is -0.450 e. The number of halogens is 1. The Hall–Kier alpha value is -3.09. The highest BCUT2D eigenvalue weighted by Gasteiger charge is 2.32. The summed E-state index contributed by atoms with van der Waals surface area (Å²) >= 11 is 0. The van der Waals surface area contributed by atoms with Crippen molar-refractivity contribution in [2.24, 2.45) is 5.92 Å². The molecule has 33 heavy (non-hydrogen) atoms. The Labute approximate surface area is 195 Å². The van der Waals surface area contributed by atoms with Crippen LogP contribution in [0.5, 0.6) is 0 Å². The molecule has 2 amide bonds. The summed E-state index contributed by atoms with van der Waals surface area (Å²) in [6.07, 6.45) is 0.769. The molecule has 7 heteroatoms. The molecule has 1 saturated heterocycles. The van der Waals surface area contributed by atoms with Crippen molar-refractivity contribution in [3.05, 3.63) is 65.5 Å². The van der Waals surface area contributed by atoms with Gasteiger partial charge >= 0.3 is 12.2 Å². The molecule has 2 aromatic rings. The Bertz CT molecular complexity index is 948. The number of likely N-dealkylation sites (tertiary alicyclic amines) is 1. The van der Waals surface area contributed by atoms with Gasteiger partial charge in [0.25, 0.3) is 0 Å². The van der Waals surface area contributed by atoms with Crippen LogP contribution >= 0.6 is 0 Å². The predicted octanol–water partition coefficient (Wildman–Crippen LogP) is 6.17. The van der Waals surface area contributed by atoms with E-state index in [4.69, 9.17) is 9.47 Å². The van der Waals surface area contributed by atoms with Crippen molar-refractivity contribution in [1.82, 2.24) is 4.90 Å². The quantitative estimate of drug-likeness (QED) is 0.584.